The fraction of sp³-hybridized carbons (Fsp3) is 0.410. The number of hydrogen-bond acceptors (Lipinski definition) is 7. The van der Waals surface area contributed by atoms with Crippen molar-refractivity contribution >= 4 is 34.0 Å². The number of amides is 2. The predicted molar refractivity (Wildman–Crippen MR) is 190 cm³/mol. The van der Waals surface area contributed by atoms with Gasteiger partial charge in [0.1, 0.15) is 17.6 Å². The van der Waals surface area contributed by atoms with Gasteiger partial charge >= 0.3 is 6.36 Å². The quantitative estimate of drug-likeness (QED) is 0.157. The van der Waals surface area contributed by atoms with Crippen LogP contribution in [0.5, 0.6) is 5.75 Å². The van der Waals surface area contributed by atoms with Crippen LogP contribution in [0.4, 0.5) is 28.9 Å². The minimum Gasteiger partial charge on any atom is -0.405 e. The number of nitrogens with one attached hydrogen (secondary N) is 2. The first-order valence-electron chi connectivity index (χ1n) is 17.8. The van der Waals surface area contributed by atoms with E-state index in [0.29, 0.717) is 53.3 Å². The largest absolute Gasteiger partial charge is 0.573 e. The Hall–Kier alpha value is -4.91. The number of alkyl halides is 3. The number of piperidine rings is 3. The van der Waals surface area contributed by atoms with Crippen molar-refractivity contribution in [3.63, 3.8) is 0 Å². The maximum Gasteiger partial charge on any atom is 0.573 e. The van der Waals surface area contributed by atoms with Crippen LogP contribution < -0.4 is 25.8 Å². The lowest BCUT2D eigenvalue weighted by Gasteiger charge is -2.41. The molecule has 3 fully saturated rings. The van der Waals surface area contributed by atoms with Gasteiger partial charge < -0.3 is 19.5 Å². The Morgan fingerprint density at radius 3 is 2.21 bits per heavy atom. The van der Waals surface area contributed by atoms with E-state index in [1.165, 1.54) is 35.0 Å². The van der Waals surface area contributed by atoms with Crippen LogP contribution in [0.3, 0.4) is 0 Å². The molecule has 0 bridgehead atoms. The van der Waals surface area contributed by atoms with Crippen LogP contribution in [0.2, 0.25) is 0 Å². The summed E-state index contributed by atoms with van der Waals surface area (Å²) in [5.74, 6) is -0.264. The SMILES string of the molecule is Cn1cc(-c2ccc(CN3CCC(C4CCN(c5ccc(NC6CCC(=O)NC6=O)cc5)CC4)CC3)c(OC(F)(F)F)c2)c2cc(F)ccc2c1=O. The molecule has 0 saturated carbocycles. The van der Waals surface area contributed by atoms with Crippen molar-refractivity contribution in [3.8, 4) is 16.9 Å². The summed E-state index contributed by atoms with van der Waals surface area (Å²) < 4.78 is 60.9. The molecule has 4 aromatic rings. The highest BCUT2D eigenvalue weighted by Gasteiger charge is 2.34. The van der Waals surface area contributed by atoms with Crippen LogP contribution in [0.1, 0.15) is 44.1 Å². The van der Waals surface area contributed by atoms with Crippen LogP contribution in [0.25, 0.3) is 21.9 Å². The number of hydrogen-bond donors (Lipinski definition) is 2. The van der Waals surface area contributed by atoms with E-state index in [4.69, 9.17) is 0 Å². The van der Waals surface area contributed by atoms with E-state index in [9.17, 15) is 31.9 Å². The zero-order valence-electron chi connectivity index (χ0n) is 28.8. The zero-order chi connectivity index (χ0) is 36.6. The molecule has 274 valence electrons. The maximum atomic E-state index is 14.2. The molecule has 2 amide bonds. The number of carbonyl (C=O) groups excluding carboxylic acids is 2. The molecule has 3 saturated heterocycles. The minimum absolute atomic E-state index is 0.238. The Morgan fingerprint density at radius 2 is 1.54 bits per heavy atom. The first kappa shape index (κ1) is 35.5. The van der Waals surface area contributed by atoms with Gasteiger partial charge in [0.15, 0.2) is 0 Å². The summed E-state index contributed by atoms with van der Waals surface area (Å²) >= 11 is 0. The molecule has 3 aliphatic heterocycles. The summed E-state index contributed by atoms with van der Waals surface area (Å²) in [6.45, 7) is 3.71. The average Bonchev–Trinajstić information content (AvgIpc) is 3.12. The van der Waals surface area contributed by atoms with E-state index < -0.39 is 18.2 Å². The van der Waals surface area contributed by atoms with Gasteiger partial charge in [0.25, 0.3) is 5.56 Å². The van der Waals surface area contributed by atoms with Crippen molar-refractivity contribution in [1.29, 1.82) is 0 Å². The fourth-order valence-corrected chi connectivity index (χ4v) is 7.99. The first-order chi connectivity index (χ1) is 24.9. The molecular formula is C39H41F4N5O4. The summed E-state index contributed by atoms with van der Waals surface area (Å²) in [5, 5.41) is 6.18. The van der Waals surface area contributed by atoms with E-state index in [1.807, 2.05) is 12.1 Å². The number of nitrogens with zero attached hydrogens (tertiary/aromatic N) is 3. The lowest BCUT2D eigenvalue weighted by molar-refractivity contribution is -0.275. The van der Waals surface area contributed by atoms with Crippen LogP contribution in [0.15, 0.2) is 71.7 Å². The summed E-state index contributed by atoms with van der Waals surface area (Å²) in [6.07, 6.45) is 1.47. The van der Waals surface area contributed by atoms with Crippen molar-refractivity contribution in [2.24, 2.45) is 18.9 Å². The summed E-state index contributed by atoms with van der Waals surface area (Å²) in [6, 6.07) is 16.1. The summed E-state index contributed by atoms with van der Waals surface area (Å²) in [5.41, 5.74) is 2.86. The van der Waals surface area contributed by atoms with Gasteiger partial charge in [-0.05, 0) is 117 Å². The molecule has 9 nitrogen and oxygen atoms in total. The first-order valence-corrected chi connectivity index (χ1v) is 17.8. The highest BCUT2D eigenvalue weighted by atomic mass is 19.4. The second-order valence-electron chi connectivity index (χ2n) is 14.2. The molecule has 1 aromatic heterocycles. The third kappa shape index (κ3) is 7.94. The molecule has 1 unspecified atom stereocenters. The Labute approximate surface area is 298 Å². The molecule has 2 N–H and O–H groups in total. The number of likely N-dealkylation sites (tertiary alicyclic amines) is 1. The third-order valence-electron chi connectivity index (χ3n) is 10.8. The normalized spacial score (nSPS) is 19.6. The second kappa shape index (κ2) is 14.6. The number of ether oxygens (including phenoxy) is 1. The predicted octanol–water partition coefficient (Wildman–Crippen LogP) is 6.59. The molecule has 7 rings (SSSR count). The summed E-state index contributed by atoms with van der Waals surface area (Å²) in [7, 11) is 1.55. The molecule has 0 radical (unpaired) electrons. The van der Waals surface area contributed by atoms with Crippen molar-refractivity contribution in [2.75, 3.05) is 36.4 Å². The third-order valence-corrected chi connectivity index (χ3v) is 10.8. The number of rotatable bonds is 8. The van der Waals surface area contributed by atoms with E-state index >= 15 is 0 Å². The molecule has 0 spiro atoms. The van der Waals surface area contributed by atoms with Crippen LogP contribution in [-0.4, -0.2) is 59.9 Å². The maximum absolute atomic E-state index is 14.2. The molecular weight excluding hydrogens is 678 g/mol. The van der Waals surface area contributed by atoms with Gasteiger partial charge in [0, 0.05) is 67.2 Å². The number of pyridine rings is 1. The molecule has 3 aromatic carbocycles. The Morgan fingerprint density at radius 1 is 0.846 bits per heavy atom. The van der Waals surface area contributed by atoms with Crippen LogP contribution in [0, 0.1) is 17.7 Å². The van der Waals surface area contributed by atoms with Gasteiger partial charge in [0.05, 0.1) is 0 Å². The second-order valence-corrected chi connectivity index (χ2v) is 14.2. The van der Waals surface area contributed by atoms with Gasteiger partial charge in [-0.3, -0.25) is 24.6 Å². The number of benzene rings is 3. The van der Waals surface area contributed by atoms with Gasteiger partial charge in [-0.15, -0.1) is 13.2 Å². The Balaban J connectivity index is 0.956. The van der Waals surface area contributed by atoms with Gasteiger partial charge in [-0.2, -0.15) is 0 Å². The highest BCUT2D eigenvalue weighted by Crippen LogP contribution is 2.37. The lowest BCUT2D eigenvalue weighted by atomic mass is 9.78. The zero-order valence-corrected chi connectivity index (χ0v) is 28.8. The number of aromatic nitrogens is 1. The van der Waals surface area contributed by atoms with E-state index in [2.05, 4.69) is 37.3 Å². The lowest BCUT2D eigenvalue weighted by Crippen LogP contribution is -2.47. The summed E-state index contributed by atoms with van der Waals surface area (Å²) in [4.78, 5) is 40.7. The van der Waals surface area contributed by atoms with Gasteiger partial charge in [0.2, 0.25) is 11.8 Å². The smallest absolute Gasteiger partial charge is 0.405 e. The topological polar surface area (TPSA) is 95.9 Å². The Bertz CT molecular complexity index is 2020. The standard InChI is InChI=1S/C39H41F4N5O4/c1-46-23-33(32-21-28(40)4-9-31(32)38(46)51)26-2-3-27(35(20-26)52-39(41,42)43)22-47-16-12-24(13-17-47)25-14-18-48(19-15-25)30-7-5-29(6-8-30)44-34-10-11-36(49)45-37(34)50/h2-9,20-21,23-25,34,44H,10-19,22H2,1H3,(H,45,49,50). The molecule has 52 heavy (non-hydrogen) atoms. The molecule has 1 atom stereocenters. The van der Waals surface area contributed by atoms with Crippen LogP contribution >= 0.6 is 0 Å². The van der Waals surface area contributed by atoms with Crippen molar-refractivity contribution in [2.45, 2.75) is 57.5 Å². The minimum atomic E-state index is -4.90. The van der Waals surface area contributed by atoms with E-state index in [-0.39, 0.29) is 28.5 Å². The molecule has 3 aliphatic rings. The molecule has 0 aliphatic carbocycles. The van der Waals surface area contributed by atoms with Crippen molar-refractivity contribution < 1.29 is 31.9 Å². The van der Waals surface area contributed by atoms with E-state index in [1.54, 1.807) is 19.2 Å². The number of carbonyl (C=O) groups is 2. The van der Waals surface area contributed by atoms with Crippen molar-refractivity contribution in [3.05, 3.63) is 88.6 Å². The number of anilines is 2. The monoisotopic (exact) mass is 719 g/mol. The molecule has 13 heteroatoms. The number of halogens is 4. The number of imide groups is 1. The van der Waals surface area contributed by atoms with E-state index in [0.717, 1.165) is 63.2 Å². The van der Waals surface area contributed by atoms with Gasteiger partial charge in [-0.25, -0.2) is 4.39 Å². The highest BCUT2D eigenvalue weighted by molar-refractivity contribution is 6.01. The van der Waals surface area contributed by atoms with Gasteiger partial charge in [-0.1, -0.05) is 12.1 Å². The fourth-order valence-electron chi connectivity index (χ4n) is 7.99. The molecule has 4 heterocycles. The average molecular weight is 720 g/mol. The number of fused-ring (bicyclic) bond motifs is 1. The van der Waals surface area contributed by atoms with Crippen molar-refractivity contribution in [1.82, 2.24) is 14.8 Å². The number of aryl methyl sites for hydroxylation is 1. The van der Waals surface area contributed by atoms with Crippen LogP contribution in [-0.2, 0) is 23.2 Å². The Kier molecular flexibility index (Phi) is 9.97.